The fourth-order valence-electron chi connectivity index (χ4n) is 3.10. The van der Waals surface area contributed by atoms with Crippen LogP contribution in [0.4, 0.5) is 0 Å². The van der Waals surface area contributed by atoms with Crippen LogP contribution in [0.15, 0.2) is 72.8 Å². The van der Waals surface area contributed by atoms with E-state index in [9.17, 15) is 4.79 Å². The number of primary amides is 1. The van der Waals surface area contributed by atoms with Crippen molar-refractivity contribution in [2.24, 2.45) is 5.73 Å². The van der Waals surface area contributed by atoms with Crippen LogP contribution in [0.5, 0.6) is 0 Å². The first kappa shape index (κ1) is 15.1. The number of benzene rings is 3. The summed E-state index contributed by atoms with van der Waals surface area (Å²) in [6.45, 7) is 1.98. The Kier molecular flexibility index (Phi) is 3.58. The highest BCUT2D eigenvalue weighted by Crippen LogP contribution is 2.30. The maximum absolute atomic E-state index is 11.3. The number of nitrogens with zero attached hydrogens (tertiary/aromatic N) is 2. The number of carbonyl (C=O) groups excluding carboxylic acids is 1. The van der Waals surface area contributed by atoms with Gasteiger partial charge in [0.15, 0.2) is 0 Å². The lowest BCUT2D eigenvalue weighted by Gasteiger charge is -2.10. The van der Waals surface area contributed by atoms with Crippen LogP contribution in [-0.4, -0.2) is 15.7 Å². The smallest absolute Gasteiger partial charge is 0.248 e. The summed E-state index contributed by atoms with van der Waals surface area (Å²) in [5, 5.41) is 7.01. The Morgan fingerprint density at radius 2 is 1.68 bits per heavy atom. The molecule has 4 aromatic rings. The first-order valence-electron chi connectivity index (χ1n) is 8.08. The normalized spacial score (nSPS) is 10.9. The van der Waals surface area contributed by atoms with Crippen LogP contribution in [0, 0.1) is 6.92 Å². The predicted octanol–water partition coefficient (Wildman–Crippen LogP) is 4.10. The van der Waals surface area contributed by atoms with Gasteiger partial charge in [0.25, 0.3) is 0 Å². The molecule has 25 heavy (non-hydrogen) atoms. The van der Waals surface area contributed by atoms with E-state index >= 15 is 0 Å². The molecule has 1 heterocycles. The quantitative estimate of drug-likeness (QED) is 0.616. The van der Waals surface area contributed by atoms with Crippen molar-refractivity contribution in [3.8, 4) is 16.9 Å². The Morgan fingerprint density at radius 3 is 2.44 bits per heavy atom. The second kappa shape index (κ2) is 5.91. The molecule has 0 aliphatic heterocycles. The van der Waals surface area contributed by atoms with Gasteiger partial charge in [0, 0.05) is 11.1 Å². The zero-order valence-electron chi connectivity index (χ0n) is 13.8. The zero-order valence-corrected chi connectivity index (χ0v) is 13.8. The van der Waals surface area contributed by atoms with Crippen molar-refractivity contribution < 1.29 is 4.79 Å². The van der Waals surface area contributed by atoms with Gasteiger partial charge in [-0.05, 0) is 48.0 Å². The Balaban J connectivity index is 1.91. The molecule has 0 saturated heterocycles. The molecule has 4 heteroatoms. The minimum absolute atomic E-state index is 0.433. The third kappa shape index (κ3) is 2.68. The van der Waals surface area contributed by atoms with Crippen LogP contribution in [0.3, 0.4) is 0 Å². The Hall–Kier alpha value is -3.40. The van der Waals surface area contributed by atoms with Crippen LogP contribution >= 0.6 is 0 Å². The molecule has 0 aliphatic carbocycles. The monoisotopic (exact) mass is 327 g/mol. The van der Waals surface area contributed by atoms with Gasteiger partial charge < -0.3 is 5.73 Å². The average molecular weight is 327 g/mol. The number of nitrogens with two attached hydrogens (primary N) is 1. The Labute approximate surface area is 145 Å². The molecule has 0 unspecified atom stereocenters. The number of aromatic nitrogens is 2. The van der Waals surface area contributed by atoms with Gasteiger partial charge in [0.05, 0.1) is 17.1 Å². The van der Waals surface area contributed by atoms with Gasteiger partial charge >= 0.3 is 0 Å². The summed E-state index contributed by atoms with van der Waals surface area (Å²) in [5.41, 5.74) is 9.77. The molecule has 0 aliphatic rings. The van der Waals surface area contributed by atoms with Gasteiger partial charge in [-0.25, -0.2) is 4.68 Å². The van der Waals surface area contributed by atoms with E-state index in [1.54, 1.807) is 12.1 Å². The van der Waals surface area contributed by atoms with E-state index in [4.69, 9.17) is 5.73 Å². The number of hydrogen-bond acceptors (Lipinski definition) is 2. The lowest BCUT2D eigenvalue weighted by Crippen LogP contribution is -2.10. The number of rotatable bonds is 3. The second-order valence-electron chi connectivity index (χ2n) is 6.02. The average Bonchev–Trinajstić information content (AvgIpc) is 3.03. The van der Waals surface area contributed by atoms with Crippen LogP contribution in [-0.2, 0) is 0 Å². The molecule has 4 nitrogen and oxygen atoms in total. The highest BCUT2D eigenvalue weighted by atomic mass is 16.1. The molecule has 0 bridgehead atoms. The minimum Gasteiger partial charge on any atom is -0.366 e. The molecule has 1 aromatic heterocycles. The topological polar surface area (TPSA) is 60.9 Å². The largest absolute Gasteiger partial charge is 0.366 e. The molecular formula is C21H17N3O. The minimum atomic E-state index is -0.433. The first-order chi connectivity index (χ1) is 12.1. The second-order valence-corrected chi connectivity index (χ2v) is 6.02. The van der Waals surface area contributed by atoms with Crippen molar-refractivity contribution in [3.63, 3.8) is 0 Å². The van der Waals surface area contributed by atoms with Gasteiger partial charge in [-0.3, -0.25) is 4.79 Å². The maximum Gasteiger partial charge on any atom is 0.248 e. The molecule has 3 aromatic carbocycles. The van der Waals surface area contributed by atoms with Crippen molar-refractivity contribution in [1.82, 2.24) is 9.78 Å². The molecule has 0 fully saturated rings. The zero-order chi connectivity index (χ0) is 17.4. The molecule has 0 saturated carbocycles. The molecule has 0 spiro atoms. The van der Waals surface area contributed by atoms with Gasteiger partial charge in [0.2, 0.25) is 5.91 Å². The summed E-state index contributed by atoms with van der Waals surface area (Å²) in [4.78, 5) is 11.3. The summed E-state index contributed by atoms with van der Waals surface area (Å²) in [7, 11) is 0. The van der Waals surface area contributed by atoms with Gasteiger partial charge in [-0.15, -0.1) is 0 Å². The standard InChI is InChI=1S/C21H17N3O/c1-14-13-20(19-8-4-6-15-5-2-3-7-18(15)19)24(23-14)17-11-9-16(10-12-17)21(22)25/h2-13H,1H3,(H2,22,25). The summed E-state index contributed by atoms with van der Waals surface area (Å²) >= 11 is 0. The molecule has 122 valence electrons. The Morgan fingerprint density at radius 1 is 0.960 bits per heavy atom. The number of carbonyl (C=O) groups is 1. The van der Waals surface area contributed by atoms with Crippen molar-refractivity contribution in [2.75, 3.05) is 0 Å². The number of fused-ring (bicyclic) bond motifs is 1. The highest BCUT2D eigenvalue weighted by Gasteiger charge is 2.13. The van der Waals surface area contributed by atoms with E-state index in [-0.39, 0.29) is 0 Å². The third-order valence-corrected chi connectivity index (χ3v) is 4.29. The van der Waals surface area contributed by atoms with Crippen LogP contribution in [0.1, 0.15) is 16.1 Å². The van der Waals surface area contributed by atoms with Crippen molar-refractivity contribution in [1.29, 1.82) is 0 Å². The van der Waals surface area contributed by atoms with E-state index in [2.05, 4.69) is 41.5 Å². The van der Waals surface area contributed by atoms with Gasteiger partial charge in [-0.1, -0.05) is 42.5 Å². The Bertz CT molecular complexity index is 1070. The maximum atomic E-state index is 11.3. The number of amides is 1. The summed E-state index contributed by atoms with van der Waals surface area (Å²) in [6.07, 6.45) is 0. The summed E-state index contributed by atoms with van der Waals surface area (Å²) < 4.78 is 1.90. The lowest BCUT2D eigenvalue weighted by molar-refractivity contribution is 0.100. The van der Waals surface area contributed by atoms with Crippen molar-refractivity contribution in [2.45, 2.75) is 6.92 Å². The highest BCUT2D eigenvalue weighted by molar-refractivity contribution is 5.96. The van der Waals surface area contributed by atoms with E-state index in [0.29, 0.717) is 5.56 Å². The number of hydrogen-bond donors (Lipinski definition) is 1. The molecule has 0 atom stereocenters. The van der Waals surface area contributed by atoms with Gasteiger partial charge in [-0.2, -0.15) is 5.10 Å². The molecule has 4 rings (SSSR count). The number of aryl methyl sites for hydroxylation is 1. The predicted molar refractivity (Wildman–Crippen MR) is 99.8 cm³/mol. The van der Waals surface area contributed by atoms with E-state index < -0.39 is 5.91 Å². The van der Waals surface area contributed by atoms with E-state index in [0.717, 1.165) is 22.6 Å². The molecule has 2 N–H and O–H groups in total. The first-order valence-corrected chi connectivity index (χ1v) is 8.08. The SMILES string of the molecule is Cc1cc(-c2cccc3ccccc23)n(-c2ccc(C(N)=O)cc2)n1. The third-order valence-electron chi connectivity index (χ3n) is 4.29. The molecule has 0 radical (unpaired) electrons. The van der Waals surface area contributed by atoms with Crippen LogP contribution in [0.25, 0.3) is 27.7 Å². The van der Waals surface area contributed by atoms with Gasteiger partial charge in [0.1, 0.15) is 0 Å². The van der Waals surface area contributed by atoms with Crippen molar-refractivity contribution in [3.05, 3.63) is 84.1 Å². The van der Waals surface area contributed by atoms with E-state index in [1.807, 2.05) is 35.9 Å². The van der Waals surface area contributed by atoms with Crippen molar-refractivity contribution >= 4 is 16.7 Å². The van der Waals surface area contributed by atoms with Crippen LogP contribution in [0.2, 0.25) is 0 Å². The summed E-state index contributed by atoms with van der Waals surface area (Å²) in [5.74, 6) is -0.433. The fourth-order valence-corrected chi connectivity index (χ4v) is 3.10. The van der Waals surface area contributed by atoms with Crippen LogP contribution < -0.4 is 5.73 Å². The molecule has 1 amide bonds. The fraction of sp³-hybridized carbons (Fsp3) is 0.0476. The summed E-state index contributed by atoms with van der Waals surface area (Å²) in [6, 6.07) is 23.8. The molecular weight excluding hydrogens is 310 g/mol. The van der Waals surface area contributed by atoms with E-state index in [1.165, 1.54) is 10.8 Å². The lowest BCUT2D eigenvalue weighted by atomic mass is 10.0.